The summed E-state index contributed by atoms with van der Waals surface area (Å²) in [6.45, 7) is 13.4. The Hall–Kier alpha value is -1.06. The Morgan fingerprint density at radius 1 is 1.19 bits per heavy atom. The van der Waals surface area contributed by atoms with Crippen molar-refractivity contribution in [3.63, 3.8) is 0 Å². The quantitative estimate of drug-likeness (QED) is 0.841. The van der Waals surface area contributed by atoms with E-state index in [1.54, 1.807) is 0 Å². The Bertz CT molecular complexity index is 446. The monoisotopic (exact) mass is 289 g/mol. The van der Waals surface area contributed by atoms with Gasteiger partial charge in [0.1, 0.15) is 0 Å². The molecule has 0 bridgehead atoms. The van der Waals surface area contributed by atoms with Gasteiger partial charge in [0, 0.05) is 37.4 Å². The van der Waals surface area contributed by atoms with Crippen molar-refractivity contribution in [3.05, 3.63) is 29.3 Å². The number of nitrogens with zero attached hydrogens (tertiary/aromatic N) is 2. The fourth-order valence-electron chi connectivity index (χ4n) is 3.19. The predicted octanol–water partition coefficient (Wildman–Crippen LogP) is 3.02. The van der Waals surface area contributed by atoms with Crippen LogP contribution in [0.3, 0.4) is 0 Å². The standard InChI is InChI=1S/C18H31N3/c1-6-9-19-11-17-7-8-18(14(2)10-17)21-12-15(3)20(5)16(4)13-21/h7-8,10,15-16,19H,6,9,11-13H2,1-5H3. The van der Waals surface area contributed by atoms with E-state index in [0.717, 1.165) is 26.2 Å². The molecule has 3 nitrogen and oxygen atoms in total. The third kappa shape index (κ3) is 3.98. The zero-order valence-electron chi connectivity index (χ0n) is 14.3. The summed E-state index contributed by atoms with van der Waals surface area (Å²) in [4.78, 5) is 5.03. The van der Waals surface area contributed by atoms with Gasteiger partial charge in [-0.3, -0.25) is 4.90 Å². The van der Waals surface area contributed by atoms with Crippen molar-refractivity contribution in [1.29, 1.82) is 0 Å². The van der Waals surface area contributed by atoms with Crippen molar-refractivity contribution >= 4 is 5.69 Å². The Kier molecular flexibility index (Phi) is 5.65. The smallest absolute Gasteiger partial charge is 0.0397 e. The largest absolute Gasteiger partial charge is 0.368 e. The maximum atomic E-state index is 3.48. The van der Waals surface area contributed by atoms with Gasteiger partial charge < -0.3 is 10.2 Å². The minimum absolute atomic E-state index is 0.610. The van der Waals surface area contributed by atoms with E-state index in [0.29, 0.717) is 12.1 Å². The number of rotatable bonds is 5. The van der Waals surface area contributed by atoms with Gasteiger partial charge in [0.25, 0.3) is 0 Å². The molecule has 2 rings (SSSR count). The van der Waals surface area contributed by atoms with Crippen molar-refractivity contribution in [2.75, 3.05) is 31.6 Å². The van der Waals surface area contributed by atoms with Crippen LogP contribution < -0.4 is 10.2 Å². The molecule has 1 N–H and O–H groups in total. The molecular weight excluding hydrogens is 258 g/mol. The normalized spacial score (nSPS) is 23.6. The van der Waals surface area contributed by atoms with Crippen LogP contribution in [0.2, 0.25) is 0 Å². The van der Waals surface area contributed by atoms with Gasteiger partial charge >= 0.3 is 0 Å². The average Bonchev–Trinajstić information content (AvgIpc) is 2.45. The maximum absolute atomic E-state index is 3.48. The minimum Gasteiger partial charge on any atom is -0.368 e. The Morgan fingerprint density at radius 2 is 1.86 bits per heavy atom. The summed E-state index contributed by atoms with van der Waals surface area (Å²) in [7, 11) is 2.24. The highest BCUT2D eigenvalue weighted by Gasteiger charge is 2.27. The fourth-order valence-corrected chi connectivity index (χ4v) is 3.19. The fraction of sp³-hybridized carbons (Fsp3) is 0.667. The van der Waals surface area contributed by atoms with Crippen LogP contribution in [0, 0.1) is 6.92 Å². The summed E-state index contributed by atoms with van der Waals surface area (Å²) in [5.74, 6) is 0. The van der Waals surface area contributed by atoms with Crippen molar-refractivity contribution in [2.24, 2.45) is 0 Å². The second-order valence-corrected chi connectivity index (χ2v) is 6.57. The van der Waals surface area contributed by atoms with Crippen molar-refractivity contribution in [3.8, 4) is 0 Å². The molecule has 1 saturated heterocycles. The lowest BCUT2D eigenvalue weighted by Gasteiger charge is -2.44. The number of nitrogens with one attached hydrogen (secondary N) is 1. The number of aryl methyl sites for hydroxylation is 1. The Balaban J connectivity index is 2.06. The first-order valence-electron chi connectivity index (χ1n) is 8.30. The molecule has 118 valence electrons. The van der Waals surface area contributed by atoms with Crippen molar-refractivity contribution in [1.82, 2.24) is 10.2 Å². The zero-order chi connectivity index (χ0) is 15.4. The van der Waals surface area contributed by atoms with Gasteiger partial charge in [0.15, 0.2) is 0 Å². The number of anilines is 1. The summed E-state index contributed by atoms with van der Waals surface area (Å²) in [5, 5.41) is 3.48. The molecule has 2 atom stereocenters. The van der Waals surface area contributed by atoms with Gasteiger partial charge in [-0.05, 0) is 58.0 Å². The van der Waals surface area contributed by atoms with E-state index in [1.165, 1.54) is 23.2 Å². The lowest BCUT2D eigenvalue weighted by atomic mass is 10.0. The number of piperazine rings is 1. The first-order valence-corrected chi connectivity index (χ1v) is 8.30. The summed E-state index contributed by atoms with van der Waals surface area (Å²) < 4.78 is 0. The van der Waals surface area contributed by atoms with Crippen LogP contribution in [0.25, 0.3) is 0 Å². The molecular formula is C18H31N3. The lowest BCUT2D eigenvalue weighted by molar-refractivity contribution is 0.170. The van der Waals surface area contributed by atoms with Gasteiger partial charge in [0.05, 0.1) is 0 Å². The molecule has 1 aromatic rings. The highest BCUT2D eigenvalue weighted by atomic mass is 15.3. The molecule has 3 heteroatoms. The molecule has 0 amide bonds. The first-order chi connectivity index (χ1) is 10.0. The SMILES string of the molecule is CCCNCc1ccc(N2CC(C)N(C)C(C)C2)c(C)c1. The van der Waals surface area contributed by atoms with Crippen LogP contribution in [-0.2, 0) is 6.54 Å². The maximum Gasteiger partial charge on any atom is 0.0397 e. The van der Waals surface area contributed by atoms with E-state index >= 15 is 0 Å². The Labute approximate surface area is 130 Å². The van der Waals surface area contributed by atoms with Gasteiger partial charge in [-0.1, -0.05) is 19.1 Å². The van der Waals surface area contributed by atoms with E-state index in [2.05, 4.69) is 68.1 Å². The summed E-state index contributed by atoms with van der Waals surface area (Å²) in [6, 6.07) is 8.14. The van der Waals surface area contributed by atoms with Crippen LogP contribution in [0.1, 0.15) is 38.3 Å². The number of hydrogen-bond acceptors (Lipinski definition) is 3. The second kappa shape index (κ2) is 7.28. The van der Waals surface area contributed by atoms with E-state index in [9.17, 15) is 0 Å². The third-order valence-electron chi connectivity index (χ3n) is 4.72. The average molecular weight is 289 g/mol. The molecule has 21 heavy (non-hydrogen) atoms. The summed E-state index contributed by atoms with van der Waals surface area (Å²) >= 11 is 0. The molecule has 1 fully saturated rings. The minimum atomic E-state index is 0.610. The van der Waals surface area contributed by atoms with E-state index in [-0.39, 0.29) is 0 Å². The van der Waals surface area contributed by atoms with E-state index in [1.807, 2.05) is 0 Å². The molecule has 0 aliphatic carbocycles. The Morgan fingerprint density at radius 3 is 2.43 bits per heavy atom. The first kappa shape index (κ1) is 16.3. The van der Waals surface area contributed by atoms with Crippen LogP contribution in [0.4, 0.5) is 5.69 Å². The summed E-state index contributed by atoms with van der Waals surface area (Å²) in [5.41, 5.74) is 4.19. The number of hydrogen-bond donors (Lipinski definition) is 1. The van der Waals surface area contributed by atoms with Gasteiger partial charge in [-0.2, -0.15) is 0 Å². The molecule has 1 aliphatic rings. The topological polar surface area (TPSA) is 18.5 Å². The highest BCUT2D eigenvalue weighted by Crippen LogP contribution is 2.25. The van der Waals surface area contributed by atoms with Crippen LogP contribution >= 0.6 is 0 Å². The summed E-state index contributed by atoms with van der Waals surface area (Å²) in [6.07, 6.45) is 1.19. The van der Waals surface area contributed by atoms with E-state index < -0.39 is 0 Å². The molecule has 1 aromatic carbocycles. The predicted molar refractivity (Wildman–Crippen MR) is 92.1 cm³/mol. The second-order valence-electron chi connectivity index (χ2n) is 6.57. The molecule has 0 spiro atoms. The van der Waals surface area contributed by atoms with Gasteiger partial charge in [-0.25, -0.2) is 0 Å². The molecule has 2 unspecified atom stereocenters. The molecule has 0 saturated carbocycles. The van der Waals surface area contributed by atoms with E-state index in [4.69, 9.17) is 0 Å². The van der Waals surface area contributed by atoms with Crippen LogP contribution in [0.15, 0.2) is 18.2 Å². The van der Waals surface area contributed by atoms with Gasteiger partial charge in [-0.15, -0.1) is 0 Å². The highest BCUT2D eigenvalue weighted by molar-refractivity contribution is 5.55. The van der Waals surface area contributed by atoms with Gasteiger partial charge in [0.2, 0.25) is 0 Å². The lowest BCUT2D eigenvalue weighted by Crippen LogP contribution is -2.55. The molecule has 1 heterocycles. The van der Waals surface area contributed by atoms with Crippen LogP contribution in [-0.4, -0.2) is 43.7 Å². The zero-order valence-corrected chi connectivity index (χ0v) is 14.3. The number of benzene rings is 1. The van der Waals surface area contributed by atoms with Crippen LogP contribution in [0.5, 0.6) is 0 Å². The third-order valence-corrected chi connectivity index (χ3v) is 4.72. The molecule has 0 aromatic heterocycles. The number of likely N-dealkylation sites (N-methyl/N-ethyl adjacent to an activating group) is 1. The van der Waals surface area contributed by atoms with Crippen molar-refractivity contribution < 1.29 is 0 Å². The molecule has 0 radical (unpaired) electrons. The van der Waals surface area contributed by atoms with Crippen molar-refractivity contribution in [2.45, 2.75) is 52.7 Å². The molecule has 1 aliphatic heterocycles.